The van der Waals surface area contributed by atoms with Crippen LogP contribution in [-0.4, -0.2) is 23.5 Å². The highest BCUT2D eigenvalue weighted by atomic mass is 19.1. The standard InChI is InChI=1S/C14H23FO2/c1-6-13(9-8-11(3)12(4)16)17-10-14(5,15)7-2/h6,8-9,12,16H,1,7,10H2,2-5H3. The van der Waals surface area contributed by atoms with Crippen molar-refractivity contribution in [2.45, 2.75) is 45.9 Å². The highest BCUT2D eigenvalue weighted by Crippen LogP contribution is 2.17. The predicted octanol–water partition coefficient (Wildman–Crippen LogP) is 3.54. The van der Waals surface area contributed by atoms with Crippen molar-refractivity contribution in [1.29, 1.82) is 0 Å². The molecule has 2 atom stereocenters. The molecule has 0 aliphatic heterocycles. The van der Waals surface area contributed by atoms with E-state index in [1.807, 2.05) is 6.92 Å². The Kier molecular flexibility index (Phi) is 6.81. The number of halogens is 1. The van der Waals surface area contributed by atoms with E-state index in [1.54, 1.807) is 26.0 Å². The first kappa shape index (κ1) is 15.9. The van der Waals surface area contributed by atoms with Crippen molar-refractivity contribution in [3.05, 3.63) is 36.1 Å². The summed E-state index contributed by atoms with van der Waals surface area (Å²) in [5.74, 6) is 0.502. The molecule has 0 aromatic rings. The smallest absolute Gasteiger partial charge is 0.141 e. The topological polar surface area (TPSA) is 29.5 Å². The maximum atomic E-state index is 13.6. The van der Waals surface area contributed by atoms with Crippen LogP contribution < -0.4 is 0 Å². The number of allylic oxidation sites excluding steroid dienone is 3. The Morgan fingerprint density at radius 1 is 1.53 bits per heavy atom. The molecule has 0 saturated heterocycles. The lowest BCUT2D eigenvalue weighted by Crippen LogP contribution is -2.23. The Hall–Kier alpha value is -1.09. The van der Waals surface area contributed by atoms with Gasteiger partial charge in [0.2, 0.25) is 0 Å². The number of aliphatic hydroxyl groups is 1. The lowest BCUT2D eigenvalue weighted by molar-refractivity contribution is 0.0637. The van der Waals surface area contributed by atoms with Crippen LogP contribution in [0.15, 0.2) is 36.1 Å². The second-order valence-electron chi connectivity index (χ2n) is 4.42. The Balaban J connectivity index is 4.49. The van der Waals surface area contributed by atoms with Gasteiger partial charge in [-0.25, -0.2) is 4.39 Å². The van der Waals surface area contributed by atoms with Gasteiger partial charge in [-0.05, 0) is 44.9 Å². The third kappa shape index (κ3) is 6.95. The summed E-state index contributed by atoms with van der Waals surface area (Å²) in [5, 5.41) is 9.28. The van der Waals surface area contributed by atoms with Gasteiger partial charge in [0.05, 0.1) is 6.10 Å². The quantitative estimate of drug-likeness (QED) is 0.546. The van der Waals surface area contributed by atoms with Gasteiger partial charge in [-0.3, -0.25) is 0 Å². The molecule has 0 saturated carbocycles. The van der Waals surface area contributed by atoms with Crippen molar-refractivity contribution >= 4 is 0 Å². The van der Waals surface area contributed by atoms with Gasteiger partial charge in [0.1, 0.15) is 18.0 Å². The first-order valence-corrected chi connectivity index (χ1v) is 5.83. The van der Waals surface area contributed by atoms with Crippen molar-refractivity contribution in [3.8, 4) is 0 Å². The second-order valence-corrected chi connectivity index (χ2v) is 4.42. The Morgan fingerprint density at radius 3 is 2.53 bits per heavy atom. The first-order chi connectivity index (χ1) is 7.82. The lowest BCUT2D eigenvalue weighted by atomic mass is 10.1. The first-order valence-electron chi connectivity index (χ1n) is 5.83. The maximum Gasteiger partial charge on any atom is 0.141 e. The van der Waals surface area contributed by atoms with E-state index >= 15 is 0 Å². The average Bonchev–Trinajstić information content (AvgIpc) is 2.28. The number of aliphatic hydroxyl groups excluding tert-OH is 1. The van der Waals surface area contributed by atoms with Gasteiger partial charge in [0, 0.05) is 0 Å². The number of rotatable bonds is 7. The maximum absolute atomic E-state index is 13.6. The van der Waals surface area contributed by atoms with Crippen molar-refractivity contribution in [2.75, 3.05) is 6.61 Å². The molecule has 0 fully saturated rings. The molecule has 0 radical (unpaired) electrons. The highest BCUT2D eigenvalue weighted by molar-refractivity contribution is 5.21. The van der Waals surface area contributed by atoms with Crippen molar-refractivity contribution in [2.24, 2.45) is 0 Å². The number of alkyl halides is 1. The van der Waals surface area contributed by atoms with E-state index in [4.69, 9.17) is 4.74 Å². The molecule has 0 rings (SSSR count). The van der Waals surface area contributed by atoms with Gasteiger partial charge in [-0.2, -0.15) is 0 Å². The minimum atomic E-state index is -1.33. The molecule has 0 spiro atoms. The van der Waals surface area contributed by atoms with Gasteiger partial charge in [0.25, 0.3) is 0 Å². The van der Waals surface area contributed by atoms with Gasteiger partial charge in [-0.1, -0.05) is 19.6 Å². The van der Waals surface area contributed by atoms with E-state index in [-0.39, 0.29) is 6.61 Å². The molecule has 2 nitrogen and oxygen atoms in total. The molecular formula is C14H23FO2. The molecule has 3 heteroatoms. The fourth-order valence-corrected chi connectivity index (χ4v) is 0.864. The van der Waals surface area contributed by atoms with Gasteiger partial charge in [-0.15, -0.1) is 0 Å². The van der Waals surface area contributed by atoms with Crippen LogP contribution >= 0.6 is 0 Å². The summed E-state index contributed by atoms with van der Waals surface area (Å²) in [6, 6.07) is 0. The molecule has 0 heterocycles. The largest absolute Gasteiger partial charge is 0.490 e. The monoisotopic (exact) mass is 242 g/mol. The molecular weight excluding hydrogens is 219 g/mol. The summed E-state index contributed by atoms with van der Waals surface area (Å²) in [7, 11) is 0. The normalized spacial score (nSPS) is 18.5. The van der Waals surface area contributed by atoms with Crippen molar-refractivity contribution in [3.63, 3.8) is 0 Å². The molecule has 1 N–H and O–H groups in total. The van der Waals surface area contributed by atoms with Crippen LogP contribution in [-0.2, 0) is 4.74 Å². The molecule has 0 aromatic heterocycles. The van der Waals surface area contributed by atoms with E-state index in [1.165, 1.54) is 13.0 Å². The molecule has 0 amide bonds. The van der Waals surface area contributed by atoms with Crippen molar-refractivity contribution < 1.29 is 14.2 Å². The molecule has 0 aromatic carbocycles. The summed E-state index contributed by atoms with van der Waals surface area (Å²) < 4.78 is 18.9. The minimum Gasteiger partial charge on any atom is -0.490 e. The lowest BCUT2D eigenvalue weighted by Gasteiger charge is -2.18. The zero-order valence-electron chi connectivity index (χ0n) is 11.2. The molecule has 0 aliphatic rings. The molecule has 0 bridgehead atoms. The van der Waals surface area contributed by atoms with Crippen molar-refractivity contribution in [1.82, 2.24) is 0 Å². The summed E-state index contributed by atoms with van der Waals surface area (Å²) >= 11 is 0. The Bertz CT molecular complexity index is 301. The fourth-order valence-electron chi connectivity index (χ4n) is 0.864. The number of hydrogen-bond donors (Lipinski definition) is 1. The van der Waals surface area contributed by atoms with Gasteiger partial charge < -0.3 is 9.84 Å². The van der Waals surface area contributed by atoms with Gasteiger partial charge >= 0.3 is 0 Å². The summed E-state index contributed by atoms with van der Waals surface area (Å²) in [6.07, 6.45) is 4.85. The van der Waals surface area contributed by atoms with E-state index in [9.17, 15) is 9.50 Å². The SMILES string of the molecule is C=CC(=CC=C(C)C(C)O)OCC(C)(F)CC. The third-order valence-electron chi connectivity index (χ3n) is 2.65. The van der Waals surface area contributed by atoms with E-state index in [0.29, 0.717) is 12.2 Å². The predicted molar refractivity (Wildman–Crippen MR) is 69.5 cm³/mol. The van der Waals surface area contributed by atoms with E-state index in [0.717, 1.165) is 5.57 Å². The van der Waals surface area contributed by atoms with E-state index in [2.05, 4.69) is 6.58 Å². The van der Waals surface area contributed by atoms with Crippen LogP contribution in [0.25, 0.3) is 0 Å². The Labute approximate surface area is 103 Å². The number of hydrogen-bond acceptors (Lipinski definition) is 2. The van der Waals surface area contributed by atoms with Crippen LogP contribution in [0.1, 0.15) is 34.1 Å². The summed E-state index contributed by atoms with van der Waals surface area (Å²) in [6.45, 7) is 10.4. The van der Waals surface area contributed by atoms with Crippen LogP contribution in [0.4, 0.5) is 4.39 Å². The zero-order chi connectivity index (χ0) is 13.5. The third-order valence-corrected chi connectivity index (χ3v) is 2.65. The van der Waals surface area contributed by atoms with Gasteiger partial charge in [0.15, 0.2) is 0 Å². The van der Waals surface area contributed by atoms with Crippen LogP contribution in [0.2, 0.25) is 0 Å². The van der Waals surface area contributed by atoms with Crippen LogP contribution in [0, 0.1) is 0 Å². The van der Waals surface area contributed by atoms with Crippen LogP contribution in [0.5, 0.6) is 0 Å². The minimum absolute atomic E-state index is 0.00290. The molecule has 2 unspecified atom stereocenters. The molecule has 17 heavy (non-hydrogen) atoms. The molecule has 0 aliphatic carbocycles. The average molecular weight is 242 g/mol. The number of ether oxygens (including phenoxy) is 1. The van der Waals surface area contributed by atoms with E-state index < -0.39 is 11.8 Å². The second kappa shape index (κ2) is 7.28. The highest BCUT2D eigenvalue weighted by Gasteiger charge is 2.21. The van der Waals surface area contributed by atoms with Crippen LogP contribution in [0.3, 0.4) is 0 Å². The zero-order valence-corrected chi connectivity index (χ0v) is 11.2. The fraction of sp³-hybridized carbons (Fsp3) is 0.571. The summed E-state index contributed by atoms with van der Waals surface area (Å²) in [4.78, 5) is 0. The summed E-state index contributed by atoms with van der Waals surface area (Å²) in [5.41, 5.74) is -0.517. The molecule has 98 valence electrons. The Morgan fingerprint density at radius 2 is 2.12 bits per heavy atom.